The Kier molecular flexibility index (Phi) is 24.7. The molecule has 0 radical (unpaired) electrons. The minimum Gasteiger partial charge on any atom is -0.330 e. The van der Waals surface area contributed by atoms with Gasteiger partial charge in [0.05, 0.1) is 0 Å². The molecule has 0 aromatic heterocycles. The Bertz CT molecular complexity index is 108. The topological polar surface area (TPSA) is 90.1 Å². The summed E-state index contributed by atoms with van der Waals surface area (Å²) in [5, 5.41) is 3.03. The van der Waals surface area contributed by atoms with Gasteiger partial charge in [-0.15, -0.1) is 0 Å². The Labute approximate surface area is 114 Å². The van der Waals surface area contributed by atoms with Crippen LogP contribution in [-0.2, 0) is 0 Å². The maximum absolute atomic E-state index is 5.39. The molecule has 18 heavy (non-hydrogen) atoms. The fourth-order valence-electron chi connectivity index (χ4n) is 1.61. The first-order valence-electron chi connectivity index (χ1n) is 7.64. The molecule has 0 aliphatic rings. The summed E-state index contributed by atoms with van der Waals surface area (Å²) in [6, 6.07) is 0. The number of nitrogens with two attached hydrogens (primary N) is 3. The van der Waals surface area contributed by atoms with Crippen LogP contribution in [0.4, 0.5) is 0 Å². The predicted molar refractivity (Wildman–Crippen MR) is 82.6 cm³/mol. The third-order valence-corrected chi connectivity index (χ3v) is 2.70. The molecule has 0 aromatic carbocycles. The van der Waals surface area contributed by atoms with Crippen LogP contribution in [-0.4, -0.2) is 32.7 Å². The Morgan fingerprint density at radius 2 is 1.06 bits per heavy atom. The Balaban J connectivity index is 0. The third-order valence-electron chi connectivity index (χ3n) is 2.70. The summed E-state index contributed by atoms with van der Waals surface area (Å²) in [7, 11) is 0. The van der Waals surface area contributed by atoms with E-state index >= 15 is 0 Å². The lowest BCUT2D eigenvalue weighted by Gasteiger charge is -1.99. The number of nitrogens with one attached hydrogen (secondary N) is 1. The molecule has 4 heteroatoms. The van der Waals surface area contributed by atoms with Crippen LogP contribution in [0.3, 0.4) is 0 Å². The van der Waals surface area contributed by atoms with Crippen molar-refractivity contribution < 1.29 is 0 Å². The number of hydrogen-bond donors (Lipinski definition) is 4. The SMILES string of the molecule is CCCCCCCCCCN.NCCNCCN. The lowest BCUT2D eigenvalue weighted by atomic mass is 10.1. The monoisotopic (exact) mass is 260 g/mol. The molecule has 0 saturated carbocycles. The molecule has 0 aliphatic carbocycles. The van der Waals surface area contributed by atoms with Gasteiger partial charge in [-0.1, -0.05) is 51.9 Å². The summed E-state index contributed by atoms with van der Waals surface area (Å²) in [5.74, 6) is 0. The van der Waals surface area contributed by atoms with E-state index in [-0.39, 0.29) is 0 Å². The maximum Gasteiger partial charge on any atom is 0.00750 e. The molecule has 0 saturated heterocycles. The molecule has 0 fully saturated rings. The smallest absolute Gasteiger partial charge is 0.00750 e. The molecule has 0 spiro atoms. The van der Waals surface area contributed by atoms with E-state index in [1.54, 1.807) is 0 Å². The third kappa shape index (κ3) is 24.9. The van der Waals surface area contributed by atoms with Gasteiger partial charge in [0.2, 0.25) is 0 Å². The summed E-state index contributed by atoms with van der Waals surface area (Å²) >= 11 is 0. The van der Waals surface area contributed by atoms with E-state index < -0.39 is 0 Å². The zero-order valence-electron chi connectivity index (χ0n) is 12.4. The fraction of sp³-hybridized carbons (Fsp3) is 1.00. The van der Waals surface area contributed by atoms with Crippen LogP contribution in [0.2, 0.25) is 0 Å². The van der Waals surface area contributed by atoms with Crippen molar-refractivity contribution in [2.75, 3.05) is 32.7 Å². The average molecular weight is 260 g/mol. The highest BCUT2D eigenvalue weighted by Crippen LogP contribution is 2.07. The largest absolute Gasteiger partial charge is 0.330 e. The second kappa shape index (κ2) is 22.1. The summed E-state index contributed by atoms with van der Waals surface area (Å²) in [4.78, 5) is 0. The molecule has 0 bridgehead atoms. The molecule has 0 aliphatic heterocycles. The lowest BCUT2D eigenvalue weighted by molar-refractivity contribution is 0.578. The molecule has 0 heterocycles. The first-order valence-corrected chi connectivity index (χ1v) is 7.64. The molecular weight excluding hydrogens is 224 g/mol. The van der Waals surface area contributed by atoms with E-state index in [4.69, 9.17) is 17.2 Å². The Hall–Kier alpha value is -0.160. The van der Waals surface area contributed by atoms with Crippen molar-refractivity contribution in [1.82, 2.24) is 5.32 Å². The van der Waals surface area contributed by atoms with Crippen LogP contribution < -0.4 is 22.5 Å². The Morgan fingerprint density at radius 3 is 1.44 bits per heavy atom. The molecule has 112 valence electrons. The number of hydrogen-bond acceptors (Lipinski definition) is 4. The van der Waals surface area contributed by atoms with E-state index in [0.717, 1.165) is 19.6 Å². The summed E-state index contributed by atoms with van der Waals surface area (Å²) < 4.78 is 0. The standard InChI is InChI=1S/C10H23N.C4H13N3/c1-2-3-4-5-6-7-8-9-10-11;5-1-3-7-4-2-6/h2-11H2,1H3;7H,1-6H2. The molecule has 4 nitrogen and oxygen atoms in total. The van der Waals surface area contributed by atoms with Crippen molar-refractivity contribution in [3.8, 4) is 0 Å². The number of unbranched alkanes of at least 4 members (excludes halogenated alkanes) is 7. The van der Waals surface area contributed by atoms with Crippen molar-refractivity contribution >= 4 is 0 Å². The maximum atomic E-state index is 5.39. The van der Waals surface area contributed by atoms with Crippen molar-refractivity contribution in [3.63, 3.8) is 0 Å². The highest BCUT2D eigenvalue weighted by Gasteiger charge is 1.89. The summed E-state index contributed by atoms with van der Waals surface area (Å²) in [6.45, 7) is 6.26. The highest BCUT2D eigenvalue weighted by molar-refractivity contribution is 4.46. The van der Waals surface area contributed by atoms with E-state index in [2.05, 4.69) is 12.2 Å². The molecule has 0 amide bonds. The molecule has 7 N–H and O–H groups in total. The highest BCUT2D eigenvalue weighted by atomic mass is 14.9. The fourth-order valence-corrected chi connectivity index (χ4v) is 1.61. The van der Waals surface area contributed by atoms with E-state index in [9.17, 15) is 0 Å². The van der Waals surface area contributed by atoms with Crippen molar-refractivity contribution in [2.24, 2.45) is 17.2 Å². The van der Waals surface area contributed by atoms with Crippen LogP contribution in [0.5, 0.6) is 0 Å². The van der Waals surface area contributed by atoms with Crippen molar-refractivity contribution in [1.29, 1.82) is 0 Å². The molecule has 0 unspecified atom stereocenters. The molecule has 0 atom stereocenters. The van der Waals surface area contributed by atoms with Gasteiger partial charge in [0.15, 0.2) is 0 Å². The molecule has 0 rings (SSSR count). The minimum absolute atomic E-state index is 0.694. The van der Waals surface area contributed by atoms with Crippen LogP contribution in [0.1, 0.15) is 58.3 Å². The average Bonchev–Trinajstić information content (AvgIpc) is 2.39. The van der Waals surface area contributed by atoms with Crippen LogP contribution in [0, 0.1) is 0 Å². The minimum atomic E-state index is 0.694. The summed E-state index contributed by atoms with van der Waals surface area (Å²) in [6.07, 6.45) is 11.0. The van der Waals surface area contributed by atoms with E-state index in [1.165, 1.54) is 51.4 Å². The summed E-state index contributed by atoms with van der Waals surface area (Å²) in [5.41, 5.74) is 15.7. The van der Waals surface area contributed by atoms with Gasteiger partial charge in [0.25, 0.3) is 0 Å². The van der Waals surface area contributed by atoms with Gasteiger partial charge in [-0.2, -0.15) is 0 Å². The Morgan fingerprint density at radius 1 is 0.611 bits per heavy atom. The van der Waals surface area contributed by atoms with E-state index in [0.29, 0.717) is 13.1 Å². The van der Waals surface area contributed by atoms with E-state index in [1.807, 2.05) is 0 Å². The van der Waals surface area contributed by atoms with Gasteiger partial charge in [-0.3, -0.25) is 0 Å². The van der Waals surface area contributed by atoms with Gasteiger partial charge in [-0.05, 0) is 13.0 Å². The van der Waals surface area contributed by atoms with Crippen molar-refractivity contribution in [2.45, 2.75) is 58.3 Å². The normalized spacial score (nSPS) is 10.0. The van der Waals surface area contributed by atoms with Gasteiger partial charge in [0.1, 0.15) is 0 Å². The first kappa shape index (κ1) is 20.2. The zero-order chi connectivity index (χ0) is 13.9. The van der Waals surface area contributed by atoms with Crippen LogP contribution in [0.15, 0.2) is 0 Å². The lowest BCUT2D eigenvalue weighted by Crippen LogP contribution is -2.27. The predicted octanol–water partition coefficient (Wildman–Crippen LogP) is 1.58. The second-order valence-electron chi connectivity index (χ2n) is 4.59. The van der Waals surface area contributed by atoms with Crippen LogP contribution in [0.25, 0.3) is 0 Å². The van der Waals surface area contributed by atoms with Gasteiger partial charge < -0.3 is 22.5 Å². The van der Waals surface area contributed by atoms with Gasteiger partial charge >= 0.3 is 0 Å². The van der Waals surface area contributed by atoms with Gasteiger partial charge in [-0.25, -0.2) is 0 Å². The number of rotatable bonds is 12. The van der Waals surface area contributed by atoms with Gasteiger partial charge in [0, 0.05) is 26.2 Å². The first-order chi connectivity index (χ1) is 8.83. The zero-order valence-corrected chi connectivity index (χ0v) is 12.4. The second-order valence-corrected chi connectivity index (χ2v) is 4.59. The van der Waals surface area contributed by atoms with Crippen LogP contribution >= 0.6 is 0 Å². The van der Waals surface area contributed by atoms with Crippen molar-refractivity contribution in [3.05, 3.63) is 0 Å². The molecular formula is C14H36N4. The quantitative estimate of drug-likeness (QED) is 0.401. The molecule has 0 aromatic rings.